The van der Waals surface area contributed by atoms with Crippen LogP contribution in [0.3, 0.4) is 0 Å². The van der Waals surface area contributed by atoms with Crippen molar-refractivity contribution in [2.75, 3.05) is 19.7 Å². The fourth-order valence-corrected chi connectivity index (χ4v) is 3.32. The van der Waals surface area contributed by atoms with E-state index in [0.717, 1.165) is 43.9 Å². The number of hydrogen-bond donors (Lipinski definition) is 0. The average Bonchev–Trinajstić information content (AvgIpc) is 2.63. The van der Waals surface area contributed by atoms with E-state index in [1.807, 2.05) is 45.0 Å². The molecule has 0 spiro atoms. The molecule has 0 amide bonds. The van der Waals surface area contributed by atoms with Gasteiger partial charge >= 0.3 is 0 Å². The smallest absolute Gasteiger partial charge is 0.237 e. The molecule has 6 heteroatoms. The molecule has 5 nitrogen and oxygen atoms in total. The first kappa shape index (κ1) is 19.9. The third-order valence-electron chi connectivity index (χ3n) is 4.53. The third kappa shape index (κ3) is 6.08. The van der Waals surface area contributed by atoms with E-state index in [2.05, 4.69) is 14.9 Å². The SMILES string of the molecule is CC(C)(C)Oc1nccnc1CN1CCC(COc2ccccc2Cl)CC1. The molecule has 0 N–H and O–H groups in total. The van der Waals surface area contributed by atoms with Crippen LogP contribution in [-0.4, -0.2) is 40.2 Å². The van der Waals surface area contributed by atoms with Crippen LogP contribution in [-0.2, 0) is 6.54 Å². The van der Waals surface area contributed by atoms with Crippen molar-refractivity contribution in [1.82, 2.24) is 14.9 Å². The van der Waals surface area contributed by atoms with Gasteiger partial charge in [-0.15, -0.1) is 0 Å². The Morgan fingerprint density at radius 3 is 2.52 bits per heavy atom. The quantitative estimate of drug-likeness (QED) is 0.722. The second-order valence-corrected chi connectivity index (χ2v) is 8.39. The van der Waals surface area contributed by atoms with Gasteiger partial charge in [0.15, 0.2) is 0 Å². The van der Waals surface area contributed by atoms with Crippen molar-refractivity contribution in [3.05, 3.63) is 47.4 Å². The molecule has 1 fully saturated rings. The molecular weight excluding hydrogens is 362 g/mol. The first-order chi connectivity index (χ1) is 12.9. The second-order valence-electron chi connectivity index (χ2n) is 7.98. The van der Waals surface area contributed by atoms with E-state index in [9.17, 15) is 0 Å². The summed E-state index contributed by atoms with van der Waals surface area (Å²) in [5.41, 5.74) is 0.617. The van der Waals surface area contributed by atoms with Crippen LogP contribution in [0, 0.1) is 5.92 Å². The molecule has 1 aliphatic rings. The number of rotatable bonds is 6. The first-order valence-electron chi connectivity index (χ1n) is 9.49. The molecule has 1 aliphatic heterocycles. The number of halogens is 1. The van der Waals surface area contributed by atoms with Gasteiger partial charge in [0, 0.05) is 18.9 Å². The lowest BCUT2D eigenvalue weighted by Crippen LogP contribution is -2.35. The van der Waals surface area contributed by atoms with Crippen molar-refractivity contribution in [3.63, 3.8) is 0 Å². The van der Waals surface area contributed by atoms with E-state index in [1.54, 1.807) is 12.4 Å². The minimum Gasteiger partial charge on any atom is -0.492 e. The molecule has 0 radical (unpaired) electrons. The van der Waals surface area contributed by atoms with Crippen molar-refractivity contribution < 1.29 is 9.47 Å². The molecule has 2 aromatic rings. The molecule has 0 saturated carbocycles. The zero-order valence-electron chi connectivity index (χ0n) is 16.3. The first-order valence-corrected chi connectivity index (χ1v) is 9.87. The molecule has 1 aromatic carbocycles. The van der Waals surface area contributed by atoms with Gasteiger partial charge in [-0.25, -0.2) is 4.98 Å². The van der Waals surface area contributed by atoms with E-state index in [-0.39, 0.29) is 5.60 Å². The Kier molecular flexibility index (Phi) is 6.55. The molecule has 27 heavy (non-hydrogen) atoms. The molecule has 146 valence electrons. The van der Waals surface area contributed by atoms with Crippen LogP contribution in [0.4, 0.5) is 0 Å². The molecule has 1 saturated heterocycles. The van der Waals surface area contributed by atoms with E-state index in [1.165, 1.54) is 0 Å². The van der Waals surface area contributed by atoms with Gasteiger partial charge in [0.25, 0.3) is 0 Å². The highest BCUT2D eigenvalue weighted by molar-refractivity contribution is 6.32. The zero-order chi connectivity index (χ0) is 19.3. The highest BCUT2D eigenvalue weighted by Gasteiger charge is 2.23. The van der Waals surface area contributed by atoms with Gasteiger partial charge in [-0.2, -0.15) is 0 Å². The Bertz CT molecular complexity index is 740. The minimum atomic E-state index is -0.284. The van der Waals surface area contributed by atoms with E-state index in [0.29, 0.717) is 23.4 Å². The molecule has 3 rings (SSSR count). The maximum atomic E-state index is 6.16. The van der Waals surface area contributed by atoms with Crippen molar-refractivity contribution >= 4 is 11.6 Å². The highest BCUT2D eigenvalue weighted by atomic mass is 35.5. The standard InChI is InChI=1S/C21H28ClN3O2/c1-21(2,3)27-20-18(23-10-11-24-20)14-25-12-8-16(9-13-25)15-26-19-7-5-4-6-17(19)22/h4-7,10-11,16H,8-9,12-15H2,1-3H3. The number of nitrogens with zero attached hydrogens (tertiary/aromatic N) is 3. The molecule has 1 aromatic heterocycles. The number of aromatic nitrogens is 2. The Morgan fingerprint density at radius 1 is 1.11 bits per heavy atom. The normalized spacial score (nSPS) is 16.3. The minimum absolute atomic E-state index is 0.284. The van der Waals surface area contributed by atoms with E-state index in [4.69, 9.17) is 21.1 Å². The number of para-hydroxylation sites is 1. The van der Waals surface area contributed by atoms with Crippen molar-refractivity contribution in [3.8, 4) is 11.6 Å². The summed E-state index contributed by atoms with van der Waals surface area (Å²) in [6, 6.07) is 7.64. The summed E-state index contributed by atoms with van der Waals surface area (Å²) in [6.45, 7) is 9.57. The molecule has 0 aliphatic carbocycles. The zero-order valence-corrected chi connectivity index (χ0v) is 17.1. The highest BCUT2D eigenvalue weighted by Crippen LogP contribution is 2.26. The summed E-state index contributed by atoms with van der Waals surface area (Å²) >= 11 is 6.16. The second kappa shape index (κ2) is 8.89. The van der Waals surface area contributed by atoms with Crippen molar-refractivity contribution in [2.45, 2.75) is 45.8 Å². The number of benzene rings is 1. The lowest BCUT2D eigenvalue weighted by molar-refractivity contribution is 0.112. The van der Waals surface area contributed by atoms with Crippen LogP contribution in [0.5, 0.6) is 11.6 Å². The van der Waals surface area contributed by atoms with Crippen LogP contribution in [0.2, 0.25) is 5.02 Å². The van der Waals surface area contributed by atoms with Gasteiger partial charge in [0.2, 0.25) is 5.88 Å². The number of likely N-dealkylation sites (tertiary alicyclic amines) is 1. The fraction of sp³-hybridized carbons (Fsp3) is 0.524. The Labute approximate surface area is 166 Å². The molecule has 2 heterocycles. The molecule has 0 bridgehead atoms. The summed E-state index contributed by atoms with van der Waals surface area (Å²) in [7, 11) is 0. The molecular formula is C21H28ClN3O2. The maximum Gasteiger partial charge on any atom is 0.237 e. The Morgan fingerprint density at radius 2 is 1.81 bits per heavy atom. The summed E-state index contributed by atoms with van der Waals surface area (Å²) in [4.78, 5) is 11.3. The van der Waals surface area contributed by atoms with Gasteiger partial charge in [0.05, 0.1) is 11.6 Å². The lowest BCUT2D eigenvalue weighted by Gasteiger charge is -2.32. The van der Waals surface area contributed by atoms with Crippen LogP contribution < -0.4 is 9.47 Å². The van der Waals surface area contributed by atoms with Gasteiger partial charge in [0.1, 0.15) is 17.0 Å². The molecule has 0 atom stereocenters. The topological polar surface area (TPSA) is 47.5 Å². The number of piperidine rings is 1. The monoisotopic (exact) mass is 389 g/mol. The van der Waals surface area contributed by atoms with Gasteiger partial charge < -0.3 is 9.47 Å². The number of hydrogen-bond acceptors (Lipinski definition) is 5. The number of ether oxygens (including phenoxy) is 2. The summed E-state index contributed by atoms with van der Waals surface area (Å²) in [6.07, 6.45) is 5.61. The summed E-state index contributed by atoms with van der Waals surface area (Å²) in [5.74, 6) is 1.95. The fourth-order valence-electron chi connectivity index (χ4n) is 3.13. The molecule has 0 unspecified atom stereocenters. The van der Waals surface area contributed by atoms with Crippen molar-refractivity contribution in [2.24, 2.45) is 5.92 Å². The lowest BCUT2D eigenvalue weighted by atomic mass is 9.97. The van der Waals surface area contributed by atoms with Crippen LogP contribution >= 0.6 is 11.6 Å². The van der Waals surface area contributed by atoms with Crippen LogP contribution in [0.1, 0.15) is 39.3 Å². The Balaban J connectivity index is 1.49. The van der Waals surface area contributed by atoms with Crippen LogP contribution in [0.15, 0.2) is 36.7 Å². The summed E-state index contributed by atoms with van der Waals surface area (Å²) < 4.78 is 11.9. The Hall–Kier alpha value is -1.85. The summed E-state index contributed by atoms with van der Waals surface area (Å²) in [5, 5.41) is 0.670. The van der Waals surface area contributed by atoms with Crippen LogP contribution in [0.25, 0.3) is 0 Å². The largest absolute Gasteiger partial charge is 0.492 e. The van der Waals surface area contributed by atoms with Gasteiger partial charge in [-0.3, -0.25) is 9.88 Å². The maximum absolute atomic E-state index is 6.16. The van der Waals surface area contributed by atoms with E-state index < -0.39 is 0 Å². The predicted molar refractivity (Wildman–Crippen MR) is 107 cm³/mol. The van der Waals surface area contributed by atoms with Gasteiger partial charge in [-0.1, -0.05) is 23.7 Å². The third-order valence-corrected chi connectivity index (χ3v) is 4.84. The average molecular weight is 390 g/mol. The van der Waals surface area contributed by atoms with Gasteiger partial charge in [-0.05, 0) is 64.8 Å². The van der Waals surface area contributed by atoms with Crippen molar-refractivity contribution in [1.29, 1.82) is 0 Å². The van der Waals surface area contributed by atoms with E-state index >= 15 is 0 Å². The predicted octanol–water partition coefficient (Wildman–Crippen LogP) is 4.60.